The molecule has 3 rings (SSSR count). The second-order valence-corrected chi connectivity index (χ2v) is 5.56. The van der Waals surface area contributed by atoms with Crippen LogP contribution in [0.2, 0.25) is 0 Å². The summed E-state index contributed by atoms with van der Waals surface area (Å²) in [5, 5.41) is 3.28. The minimum atomic E-state index is 0. The highest BCUT2D eigenvalue weighted by atomic mass is 35.5. The molecule has 4 nitrogen and oxygen atoms in total. The number of morpholine rings is 1. The van der Waals surface area contributed by atoms with E-state index in [1.165, 1.54) is 5.56 Å². The number of carbonyl (C=O) groups is 1. The molecule has 1 amide bonds. The number of ether oxygens (including phenoxy) is 1. The van der Waals surface area contributed by atoms with Gasteiger partial charge in [-0.1, -0.05) is 30.3 Å². The number of likely N-dealkylation sites (tertiary alicyclic amines) is 1. The minimum absolute atomic E-state index is 0. The summed E-state index contributed by atoms with van der Waals surface area (Å²) < 4.78 is 5.64. The lowest BCUT2D eigenvalue weighted by molar-refractivity contribution is -0.135. The molecule has 1 N–H and O–H groups in total. The van der Waals surface area contributed by atoms with Gasteiger partial charge in [0.25, 0.3) is 0 Å². The first-order chi connectivity index (χ1) is 9.84. The molecule has 2 unspecified atom stereocenters. The Morgan fingerprint density at radius 1 is 1.33 bits per heavy atom. The summed E-state index contributed by atoms with van der Waals surface area (Å²) in [5.41, 5.74) is 1.25. The van der Waals surface area contributed by atoms with Crippen molar-refractivity contribution in [3.05, 3.63) is 35.9 Å². The van der Waals surface area contributed by atoms with Crippen LogP contribution in [0.15, 0.2) is 30.3 Å². The lowest BCUT2D eigenvalue weighted by Gasteiger charge is -2.29. The van der Waals surface area contributed by atoms with E-state index >= 15 is 0 Å². The van der Waals surface area contributed by atoms with Crippen LogP contribution in [0.3, 0.4) is 0 Å². The zero-order valence-corrected chi connectivity index (χ0v) is 13.0. The van der Waals surface area contributed by atoms with Crippen molar-refractivity contribution in [1.29, 1.82) is 0 Å². The lowest BCUT2D eigenvalue weighted by Crippen LogP contribution is -2.42. The van der Waals surface area contributed by atoms with Gasteiger partial charge in [0.1, 0.15) is 0 Å². The van der Waals surface area contributed by atoms with Gasteiger partial charge in [0, 0.05) is 19.6 Å². The molecule has 2 fully saturated rings. The molecule has 0 aromatic heterocycles. The molecule has 1 aromatic rings. The maximum atomic E-state index is 12.5. The number of nitrogens with one attached hydrogen (secondary N) is 1. The van der Waals surface area contributed by atoms with Crippen LogP contribution in [0.5, 0.6) is 0 Å². The van der Waals surface area contributed by atoms with Gasteiger partial charge >= 0.3 is 0 Å². The van der Waals surface area contributed by atoms with E-state index in [0.29, 0.717) is 13.0 Å². The Labute approximate surface area is 132 Å². The SMILES string of the molecule is Cl.O=C(CC1CNCCO1)N1CCCC1c1ccccc1. The second kappa shape index (κ2) is 7.78. The third-order valence-corrected chi connectivity index (χ3v) is 4.16. The van der Waals surface area contributed by atoms with Gasteiger partial charge < -0.3 is 15.0 Å². The van der Waals surface area contributed by atoms with Crippen LogP contribution in [0.1, 0.15) is 30.9 Å². The molecular formula is C16H23ClN2O2. The zero-order valence-electron chi connectivity index (χ0n) is 12.2. The van der Waals surface area contributed by atoms with Gasteiger partial charge in [0.05, 0.1) is 25.2 Å². The molecule has 2 atom stereocenters. The standard InChI is InChI=1S/C16H22N2O2.ClH/c19-16(11-14-12-17-8-10-20-14)18-9-4-7-15(18)13-5-2-1-3-6-13;/h1-3,5-6,14-15,17H,4,7-12H2;1H. The van der Waals surface area contributed by atoms with E-state index in [-0.39, 0.29) is 30.5 Å². The number of halogens is 1. The Hall–Kier alpha value is -1.10. The number of rotatable bonds is 3. The van der Waals surface area contributed by atoms with Crippen molar-refractivity contribution in [2.24, 2.45) is 0 Å². The molecular weight excluding hydrogens is 288 g/mol. The monoisotopic (exact) mass is 310 g/mol. The maximum Gasteiger partial charge on any atom is 0.225 e. The van der Waals surface area contributed by atoms with E-state index in [1.54, 1.807) is 0 Å². The van der Waals surface area contributed by atoms with Crippen molar-refractivity contribution in [3.63, 3.8) is 0 Å². The average molecular weight is 311 g/mol. The molecule has 2 saturated heterocycles. The van der Waals surface area contributed by atoms with E-state index in [0.717, 1.165) is 32.5 Å². The van der Waals surface area contributed by atoms with E-state index in [9.17, 15) is 4.79 Å². The summed E-state index contributed by atoms with van der Waals surface area (Å²) in [5.74, 6) is 0.227. The van der Waals surface area contributed by atoms with E-state index in [1.807, 2.05) is 23.1 Å². The molecule has 1 aromatic carbocycles. The molecule has 0 radical (unpaired) electrons. The predicted octanol–water partition coefficient (Wildman–Crippen LogP) is 2.15. The van der Waals surface area contributed by atoms with Crippen LogP contribution < -0.4 is 5.32 Å². The first-order valence-corrected chi connectivity index (χ1v) is 7.51. The molecule has 0 saturated carbocycles. The Morgan fingerprint density at radius 2 is 2.14 bits per heavy atom. The van der Waals surface area contributed by atoms with Gasteiger partial charge in [-0.3, -0.25) is 4.79 Å². The molecule has 0 bridgehead atoms. The highest BCUT2D eigenvalue weighted by Gasteiger charge is 2.31. The van der Waals surface area contributed by atoms with Crippen LogP contribution in [-0.4, -0.2) is 43.2 Å². The van der Waals surface area contributed by atoms with E-state index in [2.05, 4.69) is 17.4 Å². The van der Waals surface area contributed by atoms with Crippen molar-refractivity contribution >= 4 is 18.3 Å². The van der Waals surface area contributed by atoms with Crippen LogP contribution in [0.4, 0.5) is 0 Å². The molecule has 5 heteroatoms. The van der Waals surface area contributed by atoms with E-state index in [4.69, 9.17) is 4.74 Å². The lowest BCUT2D eigenvalue weighted by atomic mass is 10.0. The molecule has 0 aliphatic carbocycles. The minimum Gasteiger partial charge on any atom is -0.375 e. The van der Waals surface area contributed by atoms with Gasteiger partial charge in [-0.05, 0) is 18.4 Å². The number of hydrogen-bond acceptors (Lipinski definition) is 3. The zero-order chi connectivity index (χ0) is 13.8. The fraction of sp³-hybridized carbons (Fsp3) is 0.562. The maximum absolute atomic E-state index is 12.5. The van der Waals surface area contributed by atoms with Gasteiger partial charge in [0.2, 0.25) is 5.91 Å². The van der Waals surface area contributed by atoms with Crippen molar-refractivity contribution in [3.8, 4) is 0 Å². The van der Waals surface area contributed by atoms with Crippen LogP contribution in [0.25, 0.3) is 0 Å². The predicted molar refractivity (Wildman–Crippen MR) is 84.6 cm³/mol. The Morgan fingerprint density at radius 3 is 2.86 bits per heavy atom. The fourth-order valence-corrected chi connectivity index (χ4v) is 3.15. The molecule has 0 spiro atoms. The number of hydrogen-bond donors (Lipinski definition) is 1. The Balaban J connectivity index is 0.00000161. The summed E-state index contributed by atoms with van der Waals surface area (Å²) in [7, 11) is 0. The van der Waals surface area contributed by atoms with Crippen molar-refractivity contribution in [2.75, 3.05) is 26.2 Å². The number of benzene rings is 1. The molecule has 2 heterocycles. The quantitative estimate of drug-likeness (QED) is 0.930. The summed E-state index contributed by atoms with van der Waals surface area (Å²) >= 11 is 0. The van der Waals surface area contributed by atoms with Crippen molar-refractivity contribution in [1.82, 2.24) is 10.2 Å². The summed E-state index contributed by atoms with van der Waals surface area (Å²) in [6, 6.07) is 10.6. The Kier molecular flexibility index (Phi) is 6.03. The van der Waals surface area contributed by atoms with Crippen molar-refractivity contribution in [2.45, 2.75) is 31.4 Å². The molecule has 2 aliphatic rings. The van der Waals surface area contributed by atoms with Gasteiger partial charge in [0.15, 0.2) is 0 Å². The smallest absolute Gasteiger partial charge is 0.225 e. The first-order valence-electron chi connectivity index (χ1n) is 7.51. The van der Waals surface area contributed by atoms with Crippen LogP contribution in [0, 0.1) is 0 Å². The highest BCUT2D eigenvalue weighted by Crippen LogP contribution is 2.32. The molecule has 116 valence electrons. The van der Waals surface area contributed by atoms with Crippen molar-refractivity contribution < 1.29 is 9.53 Å². The van der Waals surface area contributed by atoms with Crippen LogP contribution >= 0.6 is 12.4 Å². The van der Waals surface area contributed by atoms with Gasteiger partial charge in [-0.2, -0.15) is 0 Å². The summed E-state index contributed by atoms with van der Waals surface area (Å²) in [4.78, 5) is 14.6. The van der Waals surface area contributed by atoms with E-state index < -0.39 is 0 Å². The van der Waals surface area contributed by atoms with Gasteiger partial charge in [-0.15, -0.1) is 12.4 Å². The fourth-order valence-electron chi connectivity index (χ4n) is 3.15. The molecule has 2 aliphatic heterocycles. The molecule has 21 heavy (non-hydrogen) atoms. The third-order valence-electron chi connectivity index (χ3n) is 4.16. The third kappa shape index (κ3) is 3.96. The highest BCUT2D eigenvalue weighted by molar-refractivity contribution is 5.85. The first kappa shape index (κ1) is 16.3. The number of carbonyl (C=O) groups excluding carboxylic acids is 1. The summed E-state index contributed by atoms with van der Waals surface area (Å²) in [6.45, 7) is 3.26. The average Bonchev–Trinajstić information content (AvgIpc) is 2.99. The van der Waals surface area contributed by atoms with Gasteiger partial charge in [-0.25, -0.2) is 0 Å². The normalized spacial score (nSPS) is 25.4. The number of amides is 1. The second-order valence-electron chi connectivity index (χ2n) is 5.56. The topological polar surface area (TPSA) is 41.6 Å². The summed E-state index contributed by atoms with van der Waals surface area (Å²) in [6.07, 6.45) is 2.69. The van der Waals surface area contributed by atoms with Crippen LogP contribution in [-0.2, 0) is 9.53 Å². The number of nitrogens with zero attached hydrogens (tertiary/aromatic N) is 1. The largest absolute Gasteiger partial charge is 0.375 e. The Bertz CT molecular complexity index is 449.